The van der Waals surface area contributed by atoms with E-state index < -0.39 is 0 Å². The Kier molecular flexibility index (Phi) is 5.65. The van der Waals surface area contributed by atoms with Crippen LogP contribution in [0.2, 0.25) is 0 Å². The van der Waals surface area contributed by atoms with Gasteiger partial charge in [0.15, 0.2) is 0 Å². The summed E-state index contributed by atoms with van der Waals surface area (Å²) in [6.45, 7) is 8.10. The van der Waals surface area contributed by atoms with Gasteiger partial charge in [0.25, 0.3) is 0 Å². The first-order valence-corrected chi connectivity index (χ1v) is 8.48. The molecule has 20 heavy (non-hydrogen) atoms. The van der Waals surface area contributed by atoms with Gasteiger partial charge < -0.3 is 5.32 Å². The quantitative estimate of drug-likeness (QED) is 0.709. The summed E-state index contributed by atoms with van der Waals surface area (Å²) in [5, 5.41) is 3.87. The van der Waals surface area contributed by atoms with Gasteiger partial charge in [0.1, 0.15) is 0 Å². The van der Waals surface area contributed by atoms with Crippen molar-refractivity contribution < 1.29 is 0 Å². The van der Waals surface area contributed by atoms with Crippen LogP contribution in [0.3, 0.4) is 0 Å². The van der Waals surface area contributed by atoms with Gasteiger partial charge in [0.05, 0.1) is 0 Å². The van der Waals surface area contributed by atoms with Gasteiger partial charge >= 0.3 is 0 Å². The molecule has 0 aromatic heterocycles. The van der Waals surface area contributed by atoms with Crippen LogP contribution in [0.4, 0.5) is 0 Å². The van der Waals surface area contributed by atoms with Gasteiger partial charge in [-0.15, -0.1) is 0 Å². The van der Waals surface area contributed by atoms with E-state index in [1.165, 1.54) is 38.5 Å². The zero-order chi connectivity index (χ0) is 14.4. The molecule has 0 amide bonds. The number of hydrogen-bond acceptors (Lipinski definition) is 1. The summed E-state index contributed by atoms with van der Waals surface area (Å²) in [4.78, 5) is 0. The molecule has 1 N–H and O–H groups in total. The highest BCUT2D eigenvalue weighted by molar-refractivity contribution is 5.30. The van der Waals surface area contributed by atoms with E-state index in [1.54, 1.807) is 5.56 Å². The summed E-state index contributed by atoms with van der Waals surface area (Å²) in [5.41, 5.74) is 1.97. The summed E-state index contributed by atoms with van der Waals surface area (Å²) in [7, 11) is 0. The summed E-state index contributed by atoms with van der Waals surface area (Å²) < 4.78 is 0. The topological polar surface area (TPSA) is 12.0 Å². The Morgan fingerprint density at radius 3 is 2.30 bits per heavy atom. The maximum atomic E-state index is 3.87. The highest BCUT2D eigenvalue weighted by Crippen LogP contribution is 2.47. The lowest BCUT2D eigenvalue weighted by Crippen LogP contribution is -2.53. The summed E-state index contributed by atoms with van der Waals surface area (Å²) in [5.74, 6) is 0.800. The lowest BCUT2D eigenvalue weighted by molar-refractivity contribution is 0.156. The first-order chi connectivity index (χ1) is 9.69. The zero-order valence-electron chi connectivity index (χ0n) is 13.5. The molecule has 2 rings (SSSR count). The van der Waals surface area contributed by atoms with Gasteiger partial charge in [0.2, 0.25) is 0 Å². The van der Waals surface area contributed by atoms with Gasteiger partial charge in [-0.2, -0.15) is 0 Å². The van der Waals surface area contributed by atoms with Crippen LogP contribution in [-0.2, 0) is 5.41 Å². The SMILES string of the molecule is CCCNC(CCC(C)C)C1(c2ccccc2)CCC1. The minimum atomic E-state index is 0.408. The number of hydrogen-bond donors (Lipinski definition) is 1. The van der Waals surface area contributed by atoms with Crippen LogP contribution < -0.4 is 5.32 Å². The molecule has 0 radical (unpaired) electrons. The Balaban J connectivity index is 2.15. The van der Waals surface area contributed by atoms with Crippen molar-refractivity contribution in [3.8, 4) is 0 Å². The van der Waals surface area contributed by atoms with E-state index in [4.69, 9.17) is 0 Å². The van der Waals surface area contributed by atoms with E-state index >= 15 is 0 Å². The van der Waals surface area contributed by atoms with E-state index in [0.717, 1.165) is 12.5 Å². The normalized spacial score (nSPS) is 18.8. The van der Waals surface area contributed by atoms with Crippen molar-refractivity contribution in [3.63, 3.8) is 0 Å². The molecule has 1 heteroatoms. The number of benzene rings is 1. The number of nitrogens with one attached hydrogen (secondary N) is 1. The molecular formula is C19H31N. The van der Waals surface area contributed by atoms with Crippen LogP contribution in [-0.4, -0.2) is 12.6 Å². The Hall–Kier alpha value is -0.820. The molecule has 0 bridgehead atoms. The van der Waals surface area contributed by atoms with Crippen LogP contribution in [0.15, 0.2) is 30.3 Å². The lowest BCUT2D eigenvalue weighted by atomic mass is 9.59. The number of rotatable bonds is 8. The van der Waals surface area contributed by atoms with Crippen LogP contribution >= 0.6 is 0 Å². The molecule has 1 aromatic rings. The fourth-order valence-electron chi connectivity index (χ4n) is 3.56. The largest absolute Gasteiger partial charge is 0.313 e. The molecule has 1 fully saturated rings. The highest BCUT2D eigenvalue weighted by Gasteiger charge is 2.44. The Morgan fingerprint density at radius 1 is 1.10 bits per heavy atom. The molecule has 0 heterocycles. The molecule has 0 saturated heterocycles. The van der Waals surface area contributed by atoms with Crippen LogP contribution in [0, 0.1) is 5.92 Å². The average Bonchev–Trinajstić information content (AvgIpc) is 2.41. The fraction of sp³-hybridized carbons (Fsp3) is 0.684. The van der Waals surface area contributed by atoms with Crippen molar-refractivity contribution >= 4 is 0 Å². The molecule has 1 nitrogen and oxygen atoms in total. The van der Waals surface area contributed by atoms with Crippen LogP contribution in [0.25, 0.3) is 0 Å². The first-order valence-electron chi connectivity index (χ1n) is 8.48. The third-order valence-electron chi connectivity index (χ3n) is 4.93. The fourth-order valence-corrected chi connectivity index (χ4v) is 3.56. The molecule has 1 aromatic carbocycles. The summed E-state index contributed by atoms with van der Waals surface area (Å²) in [6.07, 6.45) is 7.97. The highest BCUT2D eigenvalue weighted by atomic mass is 14.9. The average molecular weight is 273 g/mol. The second-order valence-corrected chi connectivity index (χ2v) is 6.85. The monoisotopic (exact) mass is 273 g/mol. The maximum absolute atomic E-state index is 3.87. The Labute approximate surface area is 125 Å². The molecule has 1 aliphatic carbocycles. The van der Waals surface area contributed by atoms with Gasteiger partial charge in [0, 0.05) is 11.5 Å². The minimum absolute atomic E-state index is 0.408. The molecule has 1 aliphatic rings. The molecule has 1 saturated carbocycles. The van der Waals surface area contributed by atoms with Crippen LogP contribution in [0.5, 0.6) is 0 Å². The second-order valence-electron chi connectivity index (χ2n) is 6.85. The van der Waals surface area contributed by atoms with Crippen molar-refractivity contribution in [2.24, 2.45) is 5.92 Å². The van der Waals surface area contributed by atoms with Crippen LogP contribution in [0.1, 0.15) is 64.9 Å². The van der Waals surface area contributed by atoms with Crippen molar-refractivity contribution in [3.05, 3.63) is 35.9 Å². The standard InChI is InChI=1S/C19H31N/c1-4-15-20-18(12-11-16(2)3)19(13-8-14-19)17-9-6-5-7-10-17/h5-7,9-10,16,18,20H,4,8,11-15H2,1-3H3. The maximum Gasteiger partial charge on any atom is 0.0164 e. The summed E-state index contributed by atoms with van der Waals surface area (Å²) >= 11 is 0. The molecule has 1 atom stereocenters. The molecule has 112 valence electrons. The third kappa shape index (κ3) is 3.44. The Bertz CT molecular complexity index is 378. The van der Waals surface area contributed by atoms with Gasteiger partial charge in [-0.1, -0.05) is 57.5 Å². The predicted molar refractivity (Wildman–Crippen MR) is 88.1 cm³/mol. The lowest BCUT2D eigenvalue weighted by Gasteiger charge is -2.49. The van der Waals surface area contributed by atoms with E-state index in [-0.39, 0.29) is 0 Å². The van der Waals surface area contributed by atoms with E-state index in [9.17, 15) is 0 Å². The zero-order valence-corrected chi connectivity index (χ0v) is 13.5. The van der Waals surface area contributed by atoms with Gasteiger partial charge in [-0.25, -0.2) is 0 Å². The Morgan fingerprint density at radius 2 is 1.80 bits per heavy atom. The van der Waals surface area contributed by atoms with Crippen molar-refractivity contribution in [1.82, 2.24) is 5.32 Å². The van der Waals surface area contributed by atoms with E-state index in [1.807, 2.05) is 0 Å². The first kappa shape index (κ1) is 15.6. The van der Waals surface area contributed by atoms with E-state index in [0.29, 0.717) is 11.5 Å². The molecule has 0 spiro atoms. The van der Waals surface area contributed by atoms with Crippen molar-refractivity contribution in [1.29, 1.82) is 0 Å². The second kappa shape index (κ2) is 7.26. The van der Waals surface area contributed by atoms with E-state index in [2.05, 4.69) is 56.4 Å². The minimum Gasteiger partial charge on any atom is -0.313 e. The third-order valence-corrected chi connectivity index (χ3v) is 4.93. The smallest absolute Gasteiger partial charge is 0.0164 e. The predicted octanol–water partition coefficient (Wildman–Crippen LogP) is 4.91. The molecule has 0 aliphatic heterocycles. The van der Waals surface area contributed by atoms with Gasteiger partial charge in [-0.05, 0) is 50.1 Å². The molecular weight excluding hydrogens is 242 g/mol. The molecule has 1 unspecified atom stereocenters. The van der Waals surface area contributed by atoms with Crippen molar-refractivity contribution in [2.45, 2.75) is 70.8 Å². The van der Waals surface area contributed by atoms with Gasteiger partial charge in [-0.3, -0.25) is 0 Å². The summed E-state index contributed by atoms with van der Waals surface area (Å²) in [6, 6.07) is 11.9. The van der Waals surface area contributed by atoms with Crippen molar-refractivity contribution in [2.75, 3.05) is 6.54 Å².